The Balaban J connectivity index is 1.72. The van der Waals surface area contributed by atoms with Crippen molar-refractivity contribution in [2.75, 3.05) is 13.2 Å². The van der Waals surface area contributed by atoms with Crippen molar-refractivity contribution >= 4 is 5.78 Å². The molecule has 2 aliphatic rings. The molecule has 110 valence electrons. The molecule has 0 bridgehead atoms. The molecule has 0 saturated carbocycles. The van der Waals surface area contributed by atoms with Crippen LogP contribution in [0.1, 0.15) is 28.8 Å². The van der Waals surface area contributed by atoms with E-state index in [1.54, 1.807) is 12.4 Å². The fourth-order valence-electron chi connectivity index (χ4n) is 3.21. The van der Waals surface area contributed by atoms with E-state index in [4.69, 9.17) is 4.74 Å². The summed E-state index contributed by atoms with van der Waals surface area (Å²) in [5, 5.41) is 0. The average molecular weight is 292 g/mol. The highest BCUT2D eigenvalue weighted by Gasteiger charge is 2.28. The molecule has 0 unspecified atom stereocenters. The predicted octanol–water partition coefficient (Wildman–Crippen LogP) is 2.99. The van der Waals surface area contributed by atoms with Crippen LogP contribution in [0.3, 0.4) is 0 Å². The van der Waals surface area contributed by atoms with Gasteiger partial charge in [0.2, 0.25) is 0 Å². The van der Waals surface area contributed by atoms with Gasteiger partial charge in [-0.15, -0.1) is 0 Å². The molecule has 1 aromatic heterocycles. The van der Waals surface area contributed by atoms with Gasteiger partial charge in [0.25, 0.3) is 0 Å². The second kappa shape index (κ2) is 5.46. The van der Waals surface area contributed by atoms with Crippen molar-refractivity contribution in [3.8, 4) is 11.1 Å². The average Bonchev–Trinajstić information content (AvgIpc) is 2.93. The Bertz CT molecular complexity index is 758. The highest BCUT2D eigenvalue weighted by atomic mass is 16.5. The van der Waals surface area contributed by atoms with Crippen LogP contribution in [0, 0.1) is 0 Å². The number of Topliss-reactive ketones (excluding diaryl/α,β-unsaturated/α-hetero) is 1. The normalized spacial score (nSPS) is 17.7. The van der Waals surface area contributed by atoms with Crippen molar-refractivity contribution in [3.05, 3.63) is 59.2 Å². The molecule has 1 aliphatic heterocycles. The van der Waals surface area contributed by atoms with Gasteiger partial charge in [-0.3, -0.25) is 4.79 Å². The lowest BCUT2D eigenvalue weighted by Gasteiger charge is -2.16. The van der Waals surface area contributed by atoms with Crippen molar-refractivity contribution in [1.82, 2.24) is 9.97 Å². The molecule has 4 heteroatoms. The first-order valence-electron chi connectivity index (χ1n) is 7.54. The Morgan fingerprint density at radius 1 is 1.00 bits per heavy atom. The SMILES string of the molecule is O=C1C(=C2CCOCC2)Cc2ccc(-c3cncnc3)cc21. The van der Waals surface area contributed by atoms with Gasteiger partial charge < -0.3 is 4.74 Å². The zero-order chi connectivity index (χ0) is 14.9. The Morgan fingerprint density at radius 3 is 2.55 bits per heavy atom. The number of nitrogens with zero attached hydrogens (tertiary/aromatic N) is 2. The van der Waals surface area contributed by atoms with Gasteiger partial charge in [0.05, 0.1) is 13.2 Å². The predicted molar refractivity (Wildman–Crippen MR) is 82.6 cm³/mol. The molecule has 0 N–H and O–H groups in total. The van der Waals surface area contributed by atoms with Crippen LogP contribution >= 0.6 is 0 Å². The van der Waals surface area contributed by atoms with Crippen LogP contribution in [-0.2, 0) is 11.2 Å². The molecule has 0 atom stereocenters. The van der Waals surface area contributed by atoms with E-state index in [1.807, 2.05) is 12.1 Å². The second-order valence-electron chi connectivity index (χ2n) is 5.70. The highest BCUT2D eigenvalue weighted by Crippen LogP contribution is 2.34. The van der Waals surface area contributed by atoms with Gasteiger partial charge in [-0.25, -0.2) is 9.97 Å². The molecule has 1 fully saturated rings. The minimum atomic E-state index is 0.186. The molecule has 0 radical (unpaired) electrons. The van der Waals surface area contributed by atoms with E-state index in [-0.39, 0.29) is 5.78 Å². The molecule has 22 heavy (non-hydrogen) atoms. The maximum atomic E-state index is 12.7. The first kappa shape index (κ1) is 13.3. The smallest absolute Gasteiger partial charge is 0.189 e. The number of benzene rings is 1. The zero-order valence-corrected chi connectivity index (χ0v) is 12.2. The van der Waals surface area contributed by atoms with Gasteiger partial charge in [0, 0.05) is 35.5 Å². The van der Waals surface area contributed by atoms with Gasteiger partial charge in [-0.05, 0) is 30.0 Å². The van der Waals surface area contributed by atoms with Crippen LogP contribution < -0.4 is 0 Å². The fraction of sp³-hybridized carbons (Fsp3) is 0.278. The third-order valence-electron chi connectivity index (χ3n) is 4.41. The molecular formula is C18H16N2O2. The molecule has 2 aromatic rings. The van der Waals surface area contributed by atoms with Gasteiger partial charge in [-0.1, -0.05) is 17.7 Å². The second-order valence-corrected chi connectivity index (χ2v) is 5.70. The third kappa shape index (κ3) is 2.25. The van der Waals surface area contributed by atoms with Crippen molar-refractivity contribution in [3.63, 3.8) is 0 Å². The third-order valence-corrected chi connectivity index (χ3v) is 4.41. The number of hydrogen-bond donors (Lipinski definition) is 0. The molecule has 2 heterocycles. The van der Waals surface area contributed by atoms with Gasteiger partial charge in [0.15, 0.2) is 5.78 Å². The van der Waals surface area contributed by atoms with E-state index >= 15 is 0 Å². The van der Waals surface area contributed by atoms with E-state index < -0.39 is 0 Å². The summed E-state index contributed by atoms with van der Waals surface area (Å²) in [7, 11) is 0. The molecule has 4 rings (SSSR count). The lowest BCUT2D eigenvalue weighted by molar-refractivity contribution is 0.102. The standard InChI is InChI=1S/C18H16N2O2/c21-18-16(12-3-5-22-6-4-12)8-14-2-1-13(7-17(14)18)15-9-19-11-20-10-15/h1-2,7,9-11H,3-6,8H2. The van der Waals surface area contributed by atoms with E-state index in [9.17, 15) is 4.79 Å². The molecule has 1 aromatic carbocycles. The summed E-state index contributed by atoms with van der Waals surface area (Å²) in [6.45, 7) is 1.46. The first-order chi connectivity index (χ1) is 10.8. The summed E-state index contributed by atoms with van der Waals surface area (Å²) in [6.07, 6.45) is 7.58. The van der Waals surface area contributed by atoms with Crippen LogP contribution in [0.25, 0.3) is 11.1 Å². The minimum absolute atomic E-state index is 0.186. The van der Waals surface area contributed by atoms with E-state index in [0.29, 0.717) is 0 Å². The molecule has 1 saturated heterocycles. The van der Waals surface area contributed by atoms with Crippen molar-refractivity contribution in [1.29, 1.82) is 0 Å². The maximum Gasteiger partial charge on any atom is 0.189 e. The molecular weight excluding hydrogens is 276 g/mol. The summed E-state index contributed by atoms with van der Waals surface area (Å²) in [5.41, 5.74) is 6.14. The quantitative estimate of drug-likeness (QED) is 0.758. The number of aromatic nitrogens is 2. The van der Waals surface area contributed by atoms with E-state index in [2.05, 4.69) is 16.0 Å². The van der Waals surface area contributed by atoms with Crippen LogP contribution in [0.4, 0.5) is 0 Å². The Hall–Kier alpha value is -2.33. The molecule has 0 amide bonds. The highest BCUT2D eigenvalue weighted by molar-refractivity contribution is 6.14. The number of ether oxygens (including phenoxy) is 1. The molecule has 0 spiro atoms. The minimum Gasteiger partial charge on any atom is -0.381 e. The summed E-state index contributed by atoms with van der Waals surface area (Å²) in [4.78, 5) is 20.8. The van der Waals surface area contributed by atoms with Crippen molar-refractivity contribution < 1.29 is 9.53 Å². The fourth-order valence-corrected chi connectivity index (χ4v) is 3.21. The Kier molecular flexibility index (Phi) is 3.31. The molecule has 1 aliphatic carbocycles. The van der Waals surface area contributed by atoms with Crippen LogP contribution in [0.15, 0.2) is 48.1 Å². The number of allylic oxidation sites excluding steroid dienone is 1. The van der Waals surface area contributed by atoms with E-state index in [0.717, 1.165) is 60.3 Å². The van der Waals surface area contributed by atoms with Crippen molar-refractivity contribution in [2.24, 2.45) is 0 Å². The Morgan fingerprint density at radius 2 is 1.77 bits per heavy atom. The van der Waals surface area contributed by atoms with Crippen molar-refractivity contribution in [2.45, 2.75) is 19.3 Å². The number of hydrogen-bond acceptors (Lipinski definition) is 4. The van der Waals surface area contributed by atoms with Crippen LogP contribution in [0.2, 0.25) is 0 Å². The van der Waals surface area contributed by atoms with Gasteiger partial charge in [-0.2, -0.15) is 0 Å². The number of carbonyl (C=O) groups is 1. The van der Waals surface area contributed by atoms with Gasteiger partial charge >= 0.3 is 0 Å². The number of rotatable bonds is 1. The lowest BCUT2D eigenvalue weighted by atomic mass is 9.98. The largest absolute Gasteiger partial charge is 0.381 e. The summed E-state index contributed by atoms with van der Waals surface area (Å²) in [6, 6.07) is 6.08. The number of fused-ring (bicyclic) bond motifs is 1. The number of ketones is 1. The molecule has 4 nitrogen and oxygen atoms in total. The Labute approximate surface area is 128 Å². The maximum absolute atomic E-state index is 12.7. The lowest BCUT2D eigenvalue weighted by Crippen LogP contribution is -2.11. The zero-order valence-electron chi connectivity index (χ0n) is 12.2. The topological polar surface area (TPSA) is 52.1 Å². The van der Waals surface area contributed by atoms with E-state index in [1.165, 1.54) is 11.9 Å². The summed E-state index contributed by atoms with van der Waals surface area (Å²) >= 11 is 0. The first-order valence-corrected chi connectivity index (χ1v) is 7.54. The summed E-state index contributed by atoms with van der Waals surface area (Å²) < 4.78 is 5.39. The van der Waals surface area contributed by atoms with Gasteiger partial charge in [0.1, 0.15) is 6.33 Å². The van der Waals surface area contributed by atoms with Crippen LogP contribution in [0.5, 0.6) is 0 Å². The number of carbonyl (C=O) groups excluding carboxylic acids is 1. The summed E-state index contributed by atoms with van der Waals surface area (Å²) in [5.74, 6) is 0.186. The van der Waals surface area contributed by atoms with Crippen LogP contribution in [-0.4, -0.2) is 29.0 Å². The monoisotopic (exact) mass is 292 g/mol.